The smallest absolute Gasteiger partial charge is 0.218 e. The molecule has 0 aliphatic carbocycles. The SMILES string of the molecule is COc1ccc2c(c1)C(=O)C(Br)O2. The molecule has 68 valence electrons. The first-order chi connectivity index (χ1) is 6.22. The van der Waals surface area contributed by atoms with Gasteiger partial charge in [0.05, 0.1) is 12.7 Å². The van der Waals surface area contributed by atoms with Crippen molar-refractivity contribution in [3.05, 3.63) is 23.8 Å². The standard InChI is InChI=1S/C9H7BrO3/c1-12-5-2-3-7-6(4-5)8(11)9(10)13-7/h2-4,9H,1H3. The Morgan fingerprint density at radius 1 is 1.54 bits per heavy atom. The fourth-order valence-corrected chi connectivity index (χ4v) is 1.67. The molecule has 4 heteroatoms. The molecule has 0 saturated carbocycles. The van der Waals surface area contributed by atoms with E-state index in [1.807, 2.05) is 0 Å². The molecule has 0 bridgehead atoms. The monoisotopic (exact) mass is 242 g/mol. The number of fused-ring (bicyclic) bond motifs is 1. The zero-order chi connectivity index (χ0) is 9.42. The molecule has 0 saturated heterocycles. The van der Waals surface area contributed by atoms with Gasteiger partial charge >= 0.3 is 0 Å². The number of Topliss-reactive ketones (excluding diaryl/α,β-unsaturated/α-hetero) is 1. The lowest BCUT2D eigenvalue weighted by Gasteiger charge is -2.00. The average Bonchev–Trinajstić information content (AvgIpc) is 2.43. The molecular weight excluding hydrogens is 236 g/mol. The van der Waals surface area contributed by atoms with E-state index in [1.54, 1.807) is 25.3 Å². The van der Waals surface area contributed by atoms with E-state index in [2.05, 4.69) is 15.9 Å². The molecular formula is C9H7BrO3. The van der Waals surface area contributed by atoms with Crippen LogP contribution in [-0.4, -0.2) is 17.9 Å². The molecule has 2 rings (SSSR count). The zero-order valence-electron chi connectivity index (χ0n) is 6.91. The van der Waals surface area contributed by atoms with Crippen LogP contribution in [0.4, 0.5) is 0 Å². The van der Waals surface area contributed by atoms with E-state index in [1.165, 1.54) is 0 Å². The normalized spacial score (nSPS) is 19.5. The van der Waals surface area contributed by atoms with Crippen molar-refractivity contribution < 1.29 is 14.3 Å². The number of ketones is 1. The zero-order valence-corrected chi connectivity index (χ0v) is 8.50. The Hall–Kier alpha value is -1.03. The third-order valence-corrected chi connectivity index (χ3v) is 2.49. The van der Waals surface area contributed by atoms with Gasteiger partial charge in [0, 0.05) is 0 Å². The van der Waals surface area contributed by atoms with Crippen LogP contribution in [-0.2, 0) is 0 Å². The van der Waals surface area contributed by atoms with E-state index in [0.717, 1.165) is 0 Å². The van der Waals surface area contributed by atoms with Gasteiger partial charge in [-0.15, -0.1) is 0 Å². The van der Waals surface area contributed by atoms with Crippen molar-refractivity contribution in [1.29, 1.82) is 0 Å². The first kappa shape index (κ1) is 8.56. The molecule has 1 atom stereocenters. The first-order valence-electron chi connectivity index (χ1n) is 3.75. The summed E-state index contributed by atoms with van der Waals surface area (Å²) in [4.78, 5) is 11.4. The van der Waals surface area contributed by atoms with Crippen molar-refractivity contribution in [2.45, 2.75) is 5.01 Å². The molecule has 1 aromatic carbocycles. The number of ether oxygens (including phenoxy) is 2. The Bertz CT molecular complexity index is 362. The highest BCUT2D eigenvalue weighted by molar-refractivity contribution is 9.09. The van der Waals surface area contributed by atoms with Gasteiger partial charge in [0.25, 0.3) is 0 Å². The van der Waals surface area contributed by atoms with E-state index in [-0.39, 0.29) is 5.78 Å². The van der Waals surface area contributed by atoms with Crippen molar-refractivity contribution in [3.8, 4) is 11.5 Å². The second kappa shape index (κ2) is 3.03. The van der Waals surface area contributed by atoms with Gasteiger partial charge in [0.15, 0.2) is 0 Å². The maximum absolute atomic E-state index is 11.4. The van der Waals surface area contributed by atoms with Crippen molar-refractivity contribution in [2.24, 2.45) is 0 Å². The summed E-state index contributed by atoms with van der Waals surface area (Å²) in [6.45, 7) is 0. The summed E-state index contributed by atoms with van der Waals surface area (Å²) in [5, 5.41) is -0.547. The number of alkyl halides is 1. The molecule has 1 heterocycles. The van der Waals surface area contributed by atoms with Gasteiger partial charge in [0.1, 0.15) is 11.5 Å². The molecule has 0 spiro atoms. The van der Waals surface area contributed by atoms with Gasteiger partial charge in [-0.25, -0.2) is 0 Å². The first-order valence-corrected chi connectivity index (χ1v) is 4.67. The lowest BCUT2D eigenvalue weighted by molar-refractivity contribution is 0.0942. The largest absolute Gasteiger partial charge is 0.497 e. The molecule has 0 N–H and O–H groups in total. The molecule has 1 unspecified atom stereocenters. The fourth-order valence-electron chi connectivity index (χ4n) is 1.22. The highest BCUT2D eigenvalue weighted by atomic mass is 79.9. The number of halogens is 1. The topological polar surface area (TPSA) is 35.5 Å². The van der Waals surface area contributed by atoms with Gasteiger partial charge in [0.2, 0.25) is 10.8 Å². The van der Waals surface area contributed by atoms with E-state index < -0.39 is 5.01 Å². The van der Waals surface area contributed by atoms with E-state index in [0.29, 0.717) is 17.1 Å². The third-order valence-electron chi connectivity index (χ3n) is 1.89. The molecule has 3 nitrogen and oxygen atoms in total. The Morgan fingerprint density at radius 3 is 3.00 bits per heavy atom. The van der Waals surface area contributed by atoms with E-state index in [9.17, 15) is 4.79 Å². The van der Waals surface area contributed by atoms with Crippen molar-refractivity contribution in [2.75, 3.05) is 7.11 Å². The van der Waals surface area contributed by atoms with Gasteiger partial charge in [-0.2, -0.15) is 0 Å². The van der Waals surface area contributed by atoms with Gasteiger partial charge in [-0.3, -0.25) is 4.79 Å². The lowest BCUT2D eigenvalue weighted by Crippen LogP contribution is -2.10. The summed E-state index contributed by atoms with van der Waals surface area (Å²) in [7, 11) is 1.56. The lowest BCUT2D eigenvalue weighted by atomic mass is 10.1. The van der Waals surface area contributed by atoms with Crippen LogP contribution in [0.5, 0.6) is 11.5 Å². The maximum Gasteiger partial charge on any atom is 0.218 e. The van der Waals surface area contributed by atoms with Crippen molar-refractivity contribution in [3.63, 3.8) is 0 Å². The van der Waals surface area contributed by atoms with Crippen LogP contribution in [0, 0.1) is 0 Å². The van der Waals surface area contributed by atoms with Crippen LogP contribution >= 0.6 is 15.9 Å². The van der Waals surface area contributed by atoms with Gasteiger partial charge < -0.3 is 9.47 Å². The number of benzene rings is 1. The number of methoxy groups -OCH3 is 1. The molecule has 13 heavy (non-hydrogen) atoms. The van der Waals surface area contributed by atoms with Crippen molar-refractivity contribution >= 4 is 21.7 Å². The van der Waals surface area contributed by atoms with Crippen molar-refractivity contribution in [1.82, 2.24) is 0 Å². The second-order valence-electron chi connectivity index (χ2n) is 2.66. The number of carbonyl (C=O) groups is 1. The minimum Gasteiger partial charge on any atom is -0.497 e. The van der Waals surface area contributed by atoms with Crippen LogP contribution < -0.4 is 9.47 Å². The van der Waals surface area contributed by atoms with Gasteiger partial charge in [-0.05, 0) is 34.1 Å². The van der Waals surface area contributed by atoms with Crippen LogP contribution in [0.2, 0.25) is 0 Å². The summed E-state index contributed by atoms with van der Waals surface area (Å²) in [6, 6.07) is 5.17. The number of rotatable bonds is 1. The molecule has 1 aliphatic heterocycles. The maximum atomic E-state index is 11.4. The summed E-state index contributed by atoms with van der Waals surface area (Å²) in [6.07, 6.45) is 0. The molecule has 0 amide bonds. The number of hydrogen-bond donors (Lipinski definition) is 0. The summed E-state index contributed by atoms with van der Waals surface area (Å²) in [5.74, 6) is 1.21. The predicted octanol–water partition coefficient (Wildman–Crippen LogP) is 1.99. The average molecular weight is 243 g/mol. The fraction of sp³-hybridized carbons (Fsp3) is 0.222. The summed E-state index contributed by atoms with van der Waals surface area (Å²) < 4.78 is 10.2. The number of carbonyl (C=O) groups excluding carboxylic acids is 1. The third kappa shape index (κ3) is 1.31. The van der Waals surface area contributed by atoms with Crippen LogP contribution in [0.3, 0.4) is 0 Å². The quantitative estimate of drug-likeness (QED) is 0.707. The molecule has 1 aromatic rings. The molecule has 1 aliphatic rings. The van der Waals surface area contributed by atoms with Crippen LogP contribution in [0.1, 0.15) is 10.4 Å². The summed E-state index contributed by atoms with van der Waals surface area (Å²) in [5.41, 5.74) is 0.571. The van der Waals surface area contributed by atoms with Crippen LogP contribution in [0.25, 0.3) is 0 Å². The Balaban J connectivity index is 2.48. The van der Waals surface area contributed by atoms with E-state index >= 15 is 0 Å². The summed E-state index contributed by atoms with van der Waals surface area (Å²) >= 11 is 3.12. The van der Waals surface area contributed by atoms with Gasteiger partial charge in [-0.1, -0.05) is 0 Å². The predicted molar refractivity (Wildman–Crippen MR) is 50.7 cm³/mol. The van der Waals surface area contributed by atoms with Crippen LogP contribution in [0.15, 0.2) is 18.2 Å². The Morgan fingerprint density at radius 2 is 2.31 bits per heavy atom. The highest BCUT2D eigenvalue weighted by Gasteiger charge is 2.30. The second-order valence-corrected chi connectivity index (χ2v) is 3.49. The molecule has 0 radical (unpaired) electrons. The minimum absolute atomic E-state index is 0.0612. The molecule has 0 aromatic heterocycles. The molecule has 0 fully saturated rings. The van der Waals surface area contributed by atoms with E-state index in [4.69, 9.17) is 9.47 Å². The number of hydrogen-bond acceptors (Lipinski definition) is 3. The Labute approximate surface area is 83.8 Å². The highest BCUT2D eigenvalue weighted by Crippen LogP contribution is 2.33. The minimum atomic E-state index is -0.547. The Kier molecular flexibility index (Phi) is 2.00.